The summed E-state index contributed by atoms with van der Waals surface area (Å²) < 4.78 is 10.6. The number of para-hydroxylation sites is 1. The molecule has 0 spiro atoms. The molecule has 0 saturated heterocycles. The molecule has 0 unspecified atom stereocenters. The third-order valence-electron chi connectivity index (χ3n) is 3.02. The number of carbonyl (C=O) groups is 1. The molecular formula is C17H19NO3. The fraction of sp³-hybridized carbons (Fsp3) is 0.235. The maximum atomic E-state index is 12.2. The Kier molecular flexibility index (Phi) is 5.21. The summed E-state index contributed by atoms with van der Waals surface area (Å²) >= 11 is 0. The van der Waals surface area contributed by atoms with E-state index in [-0.39, 0.29) is 5.91 Å². The van der Waals surface area contributed by atoms with Gasteiger partial charge in [-0.15, -0.1) is 0 Å². The number of benzene rings is 2. The van der Waals surface area contributed by atoms with Gasteiger partial charge in [0.15, 0.2) is 0 Å². The van der Waals surface area contributed by atoms with Gasteiger partial charge in [0.25, 0.3) is 5.91 Å². The normalized spacial score (nSPS) is 10.0. The zero-order valence-corrected chi connectivity index (χ0v) is 12.3. The molecule has 0 aliphatic heterocycles. The van der Waals surface area contributed by atoms with Crippen molar-refractivity contribution in [1.29, 1.82) is 0 Å². The van der Waals surface area contributed by atoms with E-state index in [0.29, 0.717) is 24.5 Å². The Morgan fingerprint density at radius 1 is 1.14 bits per heavy atom. The monoisotopic (exact) mass is 285 g/mol. The standard InChI is InChI=1S/C17H19NO3/c1-3-21-16-10-5-4-9-15(16)17(19)18-12-13-7-6-8-14(11-13)20-2/h4-11H,3,12H2,1-2H3,(H,18,19). The largest absolute Gasteiger partial charge is 0.497 e. The molecule has 0 aromatic heterocycles. The van der Waals surface area contributed by atoms with Crippen LogP contribution in [0.2, 0.25) is 0 Å². The quantitative estimate of drug-likeness (QED) is 0.887. The molecule has 0 heterocycles. The molecule has 110 valence electrons. The van der Waals surface area contributed by atoms with Gasteiger partial charge in [0.1, 0.15) is 11.5 Å². The predicted molar refractivity (Wildman–Crippen MR) is 81.8 cm³/mol. The van der Waals surface area contributed by atoms with Gasteiger partial charge in [-0.1, -0.05) is 24.3 Å². The van der Waals surface area contributed by atoms with Gasteiger partial charge in [-0.2, -0.15) is 0 Å². The minimum atomic E-state index is -0.151. The van der Waals surface area contributed by atoms with Crippen molar-refractivity contribution in [2.24, 2.45) is 0 Å². The first kappa shape index (κ1) is 14.9. The number of methoxy groups -OCH3 is 1. The predicted octanol–water partition coefficient (Wildman–Crippen LogP) is 3.02. The highest BCUT2D eigenvalue weighted by atomic mass is 16.5. The fourth-order valence-electron chi connectivity index (χ4n) is 2.00. The average Bonchev–Trinajstić information content (AvgIpc) is 2.53. The van der Waals surface area contributed by atoms with E-state index >= 15 is 0 Å². The van der Waals surface area contributed by atoms with E-state index in [0.717, 1.165) is 11.3 Å². The number of nitrogens with one attached hydrogen (secondary N) is 1. The van der Waals surface area contributed by atoms with Crippen LogP contribution in [0, 0.1) is 0 Å². The van der Waals surface area contributed by atoms with Crippen LogP contribution in [-0.2, 0) is 6.54 Å². The Bertz CT molecular complexity index is 610. The average molecular weight is 285 g/mol. The van der Waals surface area contributed by atoms with E-state index in [9.17, 15) is 4.79 Å². The first-order valence-electron chi connectivity index (χ1n) is 6.87. The van der Waals surface area contributed by atoms with Gasteiger partial charge in [0.05, 0.1) is 19.3 Å². The van der Waals surface area contributed by atoms with Crippen molar-refractivity contribution < 1.29 is 14.3 Å². The highest BCUT2D eigenvalue weighted by Crippen LogP contribution is 2.18. The van der Waals surface area contributed by atoms with Gasteiger partial charge >= 0.3 is 0 Å². The summed E-state index contributed by atoms with van der Waals surface area (Å²) in [5, 5.41) is 2.89. The molecule has 21 heavy (non-hydrogen) atoms. The molecule has 2 aromatic carbocycles. The number of carbonyl (C=O) groups excluding carboxylic acids is 1. The highest BCUT2D eigenvalue weighted by Gasteiger charge is 2.11. The van der Waals surface area contributed by atoms with Crippen LogP contribution >= 0.6 is 0 Å². The second kappa shape index (κ2) is 7.33. The molecule has 1 amide bonds. The summed E-state index contributed by atoms with van der Waals surface area (Å²) in [5.41, 5.74) is 1.53. The van der Waals surface area contributed by atoms with Crippen LogP contribution in [0.25, 0.3) is 0 Å². The van der Waals surface area contributed by atoms with E-state index < -0.39 is 0 Å². The molecule has 0 saturated carbocycles. The second-order valence-electron chi connectivity index (χ2n) is 4.46. The van der Waals surface area contributed by atoms with Gasteiger partial charge in [-0.25, -0.2) is 0 Å². The van der Waals surface area contributed by atoms with Crippen molar-refractivity contribution in [3.05, 3.63) is 59.7 Å². The zero-order chi connectivity index (χ0) is 15.1. The summed E-state index contributed by atoms with van der Waals surface area (Å²) in [6, 6.07) is 14.8. The Hall–Kier alpha value is -2.49. The lowest BCUT2D eigenvalue weighted by Crippen LogP contribution is -2.23. The van der Waals surface area contributed by atoms with Crippen molar-refractivity contribution in [3.8, 4) is 11.5 Å². The molecule has 1 N–H and O–H groups in total. The molecule has 0 bridgehead atoms. The van der Waals surface area contributed by atoms with Crippen molar-refractivity contribution in [2.45, 2.75) is 13.5 Å². The van der Waals surface area contributed by atoms with Crippen LogP contribution < -0.4 is 14.8 Å². The smallest absolute Gasteiger partial charge is 0.255 e. The van der Waals surface area contributed by atoms with Crippen molar-refractivity contribution in [2.75, 3.05) is 13.7 Å². The number of amides is 1. The van der Waals surface area contributed by atoms with Crippen LogP contribution in [0.5, 0.6) is 11.5 Å². The van der Waals surface area contributed by atoms with Crippen LogP contribution in [0.4, 0.5) is 0 Å². The molecule has 2 aromatic rings. The maximum absolute atomic E-state index is 12.2. The molecule has 0 aliphatic carbocycles. The number of rotatable bonds is 6. The number of hydrogen-bond donors (Lipinski definition) is 1. The summed E-state index contributed by atoms with van der Waals surface area (Å²) in [5.74, 6) is 1.22. The van der Waals surface area contributed by atoms with Crippen molar-refractivity contribution >= 4 is 5.91 Å². The first-order chi connectivity index (χ1) is 10.2. The maximum Gasteiger partial charge on any atom is 0.255 e. The minimum absolute atomic E-state index is 0.151. The molecule has 0 atom stereocenters. The van der Waals surface area contributed by atoms with Crippen LogP contribution in [0.1, 0.15) is 22.8 Å². The lowest BCUT2D eigenvalue weighted by atomic mass is 10.1. The highest BCUT2D eigenvalue weighted by molar-refractivity contribution is 5.96. The second-order valence-corrected chi connectivity index (χ2v) is 4.46. The molecular weight excluding hydrogens is 266 g/mol. The Labute approximate surface area is 124 Å². The molecule has 0 fully saturated rings. The van der Waals surface area contributed by atoms with E-state index in [1.165, 1.54) is 0 Å². The topological polar surface area (TPSA) is 47.6 Å². The molecule has 0 aliphatic rings. The van der Waals surface area contributed by atoms with Crippen molar-refractivity contribution in [1.82, 2.24) is 5.32 Å². The summed E-state index contributed by atoms with van der Waals surface area (Å²) in [7, 11) is 1.62. The van der Waals surface area contributed by atoms with Crippen LogP contribution in [0.3, 0.4) is 0 Å². The Balaban J connectivity index is 2.04. The van der Waals surface area contributed by atoms with Crippen molar-refractivity contribution in [3.63, 3.8) is 0 Å². The third-order valence-corrected chi connectivity index (χ3v) is 3.02. The van der Waals surface area contributed by atoms with Gasteiger partial charge < -0.3 is 14.8 Å². The summed E-state index contributed by atoms with van der Waals surface area (Å²) in [6.45, 7) is 2.86. The third kappa shape index (κ3) is 3.99. The van der Waals surface area contributed by atoms with Gasteiger partial charge in [0, 0.05) is 6.54 Å². The Morgan fingerprint density at radius 2 is 1.95 bits per heavy atom. The zero-order valence-electron chi connectivity index (χ0n) is 12.3. The molecule has 0 radical (unpaired) electrons. The van der Waals surface area contributed by atoms with Gasteiger partial charge in [-0.05, 0) is 36.8 Å². The SMILES string of the molecule is CCOc1ccccc1C(=O)NCc1cccc(OC)c1. The molecule has 2 rings (SSSR count). The van der Waals surface area contributed by atoms with Gasteiger partial charge in [0.2, 0.25) is 0 Å². The van der Waals surface area contributed by atoms with E-state index in [4.69, 9.17) is 9.47 Å². The number of ether oxygens (including phenoxy) is 2. The van der Waals surface area contributed by atoms with Crippen LogP contribution in [0.15, 0.2) is 48.5 Å². The summed E-state index contributed by atoms with van der Waals surface area (Å²) in [4.78, 5) is 12.2. The fourth-order valence-corrected chi connectivity index (χ4v) is 2.00. The molecule has 4 nitrogen and oxygen atoms in total. The van der Waals surface area contributed by atoms with Crippen LogP contribution in [-0.4, -0.2) is 19.6 Å². The summed E-state index contributed by atoms with van der Waals surface area (Å²) in [6.07, 6.45) is 0. The number of hydrogen-bond acceptors (Lipinski definition) is 3. The van der Waals surface area contributed by atoms with E-state index in [1.807, 2.05) is 43.3 Å². The van der Waals surface area contributed by atoms with E-state index in [2.05, 4.69) is 5.32 Å². The minimum Gasteiger partial charge on any atom is -0.497 e. The molecule has 4 heteroatoms. The lowest BCUT2D eigenvalue weighted by Gasteiger charge is -2.11. The lowest BCUT2D eigenvalue weighted by molar-refractivity contribution is 0.0947. The van der Waals surface area contributed by atoms with E-state index in [1.54, 1.807) is 19.2 Å². The van der Waals surface area contributed by atoms with Gasteiger partial charge in [-0.3, -0.25) is 4.79 Å². The first-order valence-corrected chi connectivity index (χ1v) is 6.87. The Morgan fingerprint density at radius 3 is 2.71 bits per heavy atom.